The number of hydrogen-bond donors (Lipinski definition) is 0. The first kappa shape index (κ1) is 21.9. The molecule has 0 amide bonds. The molecule has 0 bridgehead atoms. The molecule has 0 aliphatic carbocycles. The number of carbonyl (C=O) groups is 1. The van der Waals surface area contributed by atoms with Gasteiger partial charge in [0.1, 0.15) is 0 Å². The Kier molecular flexibility index (Phi) is 10.1. The molecule has 150 valence electrons. The van der Waals surface area contributed by atoms with Crippen LogP contribution in [0.5, 0.6) is 0 Å². The van der Waals surface area contributed by atoms with Crippen molar-refractivity contribution in [1.82, 2.24) is 0 Å². The van der Waals surface area contributed by atoms with Gasteiger partial charge in [-0.1, -0.05) is 112 Å². The number of rotatable bonds is 12. The summed E-state index contributed by atoms with van der Waals surface area (Å²) in [7, 11) is 0. The Labute approximate surface area is 170 Å². The third kappa shape index (κ3) is 7.72. The zero-order chi connectivity index (χ0) is 20.0. The van der Waals surface area contributed by atoms with Crippen LogP contribution in [0.1, 0.15) is 82.4 Å². The van der Waals surface area contributed by atoms with E-state index in [2.05, 4.69) is 6.92 Å². The van der Waals surface area contributed by atoms with Crippen LogP contribution in [0.4, 0.5) is 0 Å². The second kappa shape index (κ2) is 12.9. The molecule has 0 N–H and O–H groups in total. The van der Waals surface area contributed by atoms with Crippen molar-refractivity contribution in [2.24, 2.45) is 0 Å². The van der Waals surface area contributed by atoms with Crippen molar-refractivity contribution in [2.75, 3.05) is 0 Å². The topological polar surface area (TPSA) is 26.3 Å². The van der Waals surface area contributed by atoms with Gasteiger partial charge in [-0.3, -0.25) is 0 Å². The number of ether oxygens (including phenoxy) is 1. The van der Waals surface area contributed by atoms with E-state index in [1.165, 1.54) is 38.5 Å². The first-order valence-corrected chi connectivity index (χ1v) is 10.7. The molecule has 2 aromatic rings. The monoisotopic (exact) mass is 378 g/mol. The molecule has 28 heavy (non-hydrogen) atoms. The Hall–Kier alpha value is -2.35. The predicted molar refractivity (Wildman–Crippen MR) is 117 cm³/mol. The standard InChI is InChI=1S/C26H34O2/c1-3-4-5-6-7-8-9-12-17-22(2)26(27)28-25(23-18-13-10-14-19-23)24-20-15-11-16-21-24/h10-11,13-21,25H,3-9,12H2,1-2H3. The second-order valence-corrected chi connectivity index (χ2v) is 7.40. The number of carbonyl (C=O) groups excluding carboxylic acids is 1. The summed E-state index contributed by atoms with van der Waals surface area (Å²) < 4.78 is 5.90. The summed E-state index contributed by atoms with van der Waals surface area (Å²) >= 11 is 0. The number of benzene rings is 2. The molecule has 0 fully saturated rings. The van der Waals surface area contributed by atoms with E-state index in [9.17, 15) is 4.79 Å². The fourth-order valence-corrected chi connectivity index (χ4v) is 3.29. The zero-order valence-electron chi connectivity index (χ0n) is 17.4. The van der Waals surface area contributed by atoms with Crippen molar-refractivity contribution in [2.45, 2.75) is 71.3 Å². The Morgan fingerprint density at radius 1 is 0.821 bits per heavy atom. The maximum atomic E-state index is 12.6. The van der Waals surface area contributed by atoms with Gasteiger partial charge in [-0.2, -0.15) is 0 Å². The van der Waals surface area contributed by atoms with Crippen LogP contribution in [-0.2, 0) is 9.53 Å². The van der Waals surface area contributed by atoms with Gasteiger partial charge in [0.05, 0.1) is 0 Å². The van der Waals surface area contributed by atoms with E-state index >= 15 is 0 Å². The van der Waals surface area contributed by atoms with Crippen LogP contribution in [0.25, 0.3) is 0 Å². The van der Waals surface area contributed by atoms with Crippen LogP contribution >= 0.6 is 0 Å². The van der Waals surface area contributed by atoms with Crippen LogP contribution in [-0.4, -0.2) is 5.97 Å². The lowest BCUT2D eigenvalue weighted by Gasteiger charge is -2.19. The maximum absolute atomic E-state index is 12.6. The minimum absolute atomic E-state index is 0.236. The van der Waals surface area contributed by atoms with Gasteiger partial charge in [0, 0.05) is 5.57 Å². The summed E-state index contributed by atoms with van der Waals surface area (Å²) in [4.78, 5) is 12.6. The number of allylic oxidation sites excluding steroid dienone is 1. The van der Waals surface area contributed by atoms with Crippen molar-refractivity contribution in [1.29, 1.82) is 0 Å². The number of unbranched alkanes of at least 4 members (excludes halogenated alkanes) is 7. The van der Waals surface area contributed by atoms with Crippen molar-refractivity contribution in [3.8, 4) is 0 Å². The van der Waals surface area contributed by atoms with Gasteiger partial charge in [-0.05, 0) is 30.9 Å². The normalized spacial score (nSPS) is 11.6. The van der Waals surface area contributed by atoms with Crippen LogP contribution in [0.3, 0.4) is 0 Å². The highest BCUT2D eigenvalue weighted by molar-refractivity contribution is 5.88. The van der Waals surface area contributed by atoms with Gasteiger partial charge in [0.25, 0.3) is 0 Å². The van der Waals surface area contributed by atoms with Gasteiger partial charge in [-0.25, -0.2) is 4.79 Å². The minimum Gasteiger partial charge on any atom is -0.449 e. The molecule has 0 unspecified atom stereocenters. The Balaban J connectivity index is 1.88. The quantitative estimate of drug-likeness (QED) is 0.218. The van der Waals surface area contributed by atoms with Crippen molar-refractivity contribution < 1.29 is 9.53 Å². The lowest BCUT2D eigenvalue weighted by Crippen LogP contribution is -2.13. The largest absolute Gasteiger partial charge is 0.449 e. The molecule has 0 aliphatic rings. The Bertz CT molecular complexity index is 664. The van der Waals surface area contributed by atoms with Gasteiger partial charge in [0.2, 0.25) is 0 Å². The summed E-state index contributed by atoms with van der Waals surface area (Å²) in [6.07, 6.45) is 11.6. The highest BCUT2D eigenvalue weighted by Crippen LogP contribution is 2.27. The molecule has 2 heteroatoms. The first-order valence-electron chi connectivity index (χ1n) is 10.7. The minimum atomic E-state index is -0.378. The fourth-order valence-electron chi connectivity index (χ4n) is 3.29. The van der Waals surface area contributed by atoms with E-state index in [4.69, 9.17) is 4.74 Å². The van der Waals surface area contributed by atoms with E-state index in [1.54, 1.807) is 0 Å². The second-order valence-electron chi connectivity index (χ2n) is 7.40. The smallest absolute Gasteiger partial charge is 0.334 e. The molecule has 0 saturated carbocycles. The molecular formula is C26H34O2. The van der Waals surface area contributed by atoms with E-state index in [-0.39, 0.29) is 12.1 Å². The number of esters is 1. The van der Waals surface area contributed by atoms with Crippen molar-refractivity contribution in [3.63, 3.8) is 0 Å². The van der Waals surface area contributed by atoms with Crippen LogP contribution < -0.4 is 0 Å². The van der Waals surface area contributed by atoms with E-state index in [0.717, 1.165) is 24.0 Å². The summed E-state index contributed by atoms with van der Waals surface area (Å²) in [6, 6.07) is 19.9. The van der Waals surface area contributed by atoms with Crippen molar-refractivity contribution >= 4 is 5.97 Å². The molecule has 2 aromatic carbocycles. The van der Waals surface area contributed by atoms with E-state index in [1.807, 2.05) is 73.7 Å². The van der Waals surface area contributed by atoms with Gasteiger partial charge in [0.15, 0.2) is 6.10 Å². The predicted octanol–water partition coefficient (Wildman–Crippen LogP) is 7.41. The average Bonchev–Trinajstić information content (AvgIpc) is 2.74. The molecule has 0 atom stereocenters. The van der Waals surface area contributed by atoms with Crippen LogP contribution in [0.2, 0.25) is 0 Å². The third-order valence-electron chi connectivity index (χ3n) is 5.01. The average molecular weight is 379 g/mol. The summed E-state index contributed by atoms with van der Waals surface area (Å²) in [5.74, 6) is -0.236. The fraction of sp³-hybridized carbons (Fsp3) is 0.423. The molecular weight excluding hydrogens is 344 g/mol. The highest BCUT2D eigenvalue weighted by Gasteiger charge is 2.19. The third-order valence-corrected chi connectivity index (χ3v) is 5.01. The van der Waals surface area contributed by atoms with Crippen molar-refractivity contribution in [3.05, 3.63) is 83.4 Å². The molecule has 2 rings (SSSR count). The molecule has 0 saturated heterocycles. The van der Waals surface area contributed by atoms with Crippen LogP contribution in [0, 0.1) is 0 Å². The lowest BCUT2D eigenvalue weighted by atomic mass is 10.0. The van der Waals surface area contributed by atoms with Gasteiger partial charge < -0.3 is 4.74 Å². The Morgan fingerprint density at radius 3 is 1.86 bits per heavy atom. The zero-order valence-corrected chi connectivity index (χ0v) is 17.4. The summed E-state index contributed by atoms with van der Waals surface area (Å²) in [6.45, 7) is 4.10. The molecule has 0 radical (unpaired) electrons. The molecule has 0 aliphatic heterocycles. The summed E-state index contributed by atoms with van der Waals surface area (Å²) in [5.41, 5.74) is 2.67. The first-order chi connectivity index (χ1) is 13.7. The molecule has 0 spiro atoms. The van der Waals surface area contributed by atoms with E-state index < -0.39 is 0 Å². The SMILES string of the molecule is CCCCCCCCCC=C(C)C(=O)OC(c1ccccc1)c1ccccc1. The van der Waals surface area contributed by atoms with Gasteiger partial charge in [-0.15, -0.1) is 0 Å². The van der Waals surface area contributed by atoms with E-state index in [0.29, 0.717) is 5.57 Å². The number of hydrogen-bond acceptors (Lipinski definition) is 2. The molecule has 2 nitrogen and oxygen atoms in total. The van der Waals surface area contributed by atoms with Gasteiger partial charge >= 0.3 is 5.97 Å². The lowest BCUT2D eigenvalue weighted by molar-refractivity contribution is -0.142. The summed E-state index contributed by atoms with van der Waals surface area (Å²) in [5, 5.41) is 0. The molecule has 0 heterocycles. The highest BCUT2D eigenvalue weighted by atomic mass is 16.5. The Morgan fingerprint density at radius 2 is 1.32 bits per heavy atom. The molecule has 0 aromatic heterocycles. The van der Waals surface area contributed by atoms with Crippen LogP contribution in [0.15, 0.2) is 72.3 Å². The maximum Gasteiger partial charge on any atom is 0.334 e.